The molecule has 1 saturated heterocycles. The second-order valence-corrected chi connectivity index (χ2v) is 7.58. The summed E-state index contributed by atoms with van der Waals surface area (Å²) < 4.78 is 12.0. The number of methoxy groups -OCH3 is 1. The Morgan fingerprint density at radius 2 is 1.94 bits per heavy atom. The maximum atomic E-state index is 13.4. The van der Waals surface area contributed by atoms with Crippen LogP contribution in [-0.2, 0) is 25.7 Å². The number of amides is 2. The molecule has 33 heavy (non-hydrogen) atoms. The SMILES string of the molecule is CCOc1cccc(N2C(=O)/C(=C/c3cn(CC(=O)OC)c4ccccc34)C(=O)NC2=S)c1. The molecule has 0 radical (unpaired) electrons. The summed E-state index contributed by atoms with van der Waals surface area (Å²) in [5.74, 6) is -0.972. The number of para-hydroxylation sites is 1. The predicted molar refractivity (Wildman–Crippen MR) is 128 cm³/mol. The maximum absolute atomic E-state index is 13.4. The van der Waals surface area contributed by atoms with Gasteiger partial charge in [-0.15, -0.1) is 0 Å². The van der Waals surface area contributed by atoms with Crippen LogP contribution < -0.4 is 15.0 Å². The lowest BCUT2D eigenvalue weighted by atomic mass is 10.1. The maximum Gasteiger partial charge on any atom is 0.325 e. The molecule has 1 N–H and O–H groups in total. The number of rotatable bonds is 6. The largest absolute Gasteiger partial charge is 0.494 e. The zero-order valence-electron chi connectivity index (χ0n) is 18.0. The normalized spacial score (nSPS) is 15.2. The van der Waals surface area contributed by atoms with Crippen molar-refractivity contribution in [2.45, 2.75) is 13.5 Å². The average molecular weight is 464 g/mol. The zero-order valence-corrected chi connectivity index (χ0v) is 18.8. The first-order valence-electron chi connectivity index (χ1n) is 10.2. The van der Waals surface area contributed by atoms with Crippen molar-refractivity contribution in [3.05, 3.63) is 65.9 Å². The molecular formula is C24H21N3O5S. The van der Waals surface area contributed by atoms with Crippen molar-refractivity contribution in [3.63, 3.8) is 0 Å². The highest BCUT2D eigenvalue weighted by atomic mass is 32.1. The fourth-order valence-electron chi connectivity index (χ4n) is 3.65. The molecule has 4 rings (SSSR count). The number of anilines is 1. The minimum atomic E-state index is -0.591. The summed E-state index contributed by atoms with van der Waals surface area (Å²) in [5, 5.41) is 3.36. The van der Waals surface area contributed by atoms with Gasteiger partial charge in [0.05, 0.1) is 19.4 Å². The summed E-state index contributed by atoms with van der Waals surface area (Å²) >= 11 is 5.28. The van der Waals surface area contributed by atoms with E-state index >= 15 is 0 Å². The summed E-state index contributed by atoms with van der Waals surface area (Å²) in [6.07, 6.45) is 3.22. The molecular weight excluding hydrogens is 442 g/mol. The minimum Gasteiger partial charge on any atom is -0.494 e. The third kappa shape index (κ3) is 4.35. The fourth-order valence-corrected chi connectivity index (χ4v) is 3.93. The first kappa shape index (κ1) is 22.2. The summed E-state index contributed by atoms with van der Waals surface area (Å²) in [6, 6.07) is 14.3. The van der Waals surface area contributed by atoms with Crippen molar-refractivity contribution >= 4 is 57.8 Å². The molecule has 0 saturated carbocycles. The molecule has 2 heterocycles. The van der Waals surface area contributed by atoms with Crippen molar-refractivity contribution in [2.75, 3.05) is 18.6 Å². The summed E-state index contributed by atoms with van der Waals surface area (Å²) in [4.78, 5) is 39.2. The van der Waals surface area contributed by atoms with Crippen molar-refractivity contribution in [2.24, 2.45) is 0 Å². The van der Waals surface area contributed by atoms with Gasteiger partial charge in [-0.2, -0.15) is 0 Å². The van der Waals surface area contributed by atoms with E-state index in [0.717, 1.165) is 10.9 Å². The topological polar surface area (TPSA) is 89.9 Å². The Morgan fingerprint density at radius 3 is 2.70 bits per heavy atom. The van der Waals surface area contributed by atoms with Gasteiger partial charge in [0, 0.05) is 28.7 Å². The lowest BCUT2D eigenvalue weighted by molar-refractivity contribution is -0.141. The van der Waals surface area contributed by atoms with E-state index in [0.29, 0.717) is 23.6 Å². The Bertz CT molecular complexity index is 1310. The van der Waals surface area contributed by atoms with Gasteiger partial charge in [-0.1, -0.05) is 24.3 Å². The van der Waals surface area contributed by atoms with Gasteiger partial charge in [-0.05, 0) is 43.4 Å². The van der Waals surface area contributed by atoms with Crippen LogP contribution in [0.25, 0.3) is 17.0 Å². The Kier molecular flexibility index (Phi) is 6.23. The molecule has 168 valence electrons. The number of fused-ring (bicyclic) bond motifs is 1. The van der Waals surface area contributed by atoms with E-state index in [2.05, 4.69) is 5.32 Å². The Labute approximate surface area is 195 Å². The predicted octanol–water partition coefficient (Wildman–Crippen LogP) is 3.04. The van der Waals surface area contributed by atoms with Crippen LogP contribution in [0.1, 0.15) is 12.5 Å². The standard InChI is InChI=1S/C24H21N3O5S/c1-3-32-17-8-6-7-16(12-17)27-23(30)19(22(29)25-24(27)33)11-15-13-26(14-21(28)31-2)20-10-5-4-9-18(15)20/h4-13H,3,14H2,1-2H3,(H,25,29,33)/b19-11+. The number of nitrogens with zero attached hydrogens (tertiary/aromatic N) is 2. The third-order valence-corrected chi connectivity index (χ3v) is 5.42. The summed E-state index contributed by atoms with van der Waals surface area (Å²) in [5.41, 5.74) is 1.79. The number of aromatic nitrogens is 1. The second-order valence-electron chi connectivity index (χ2n) is 7.19. The number of carbonyl (C=O) groups excluding carboxylic acids is 3. The minimum absolute atomic E-state index is 0.000755. The first-order valence-corrected chi connectivity index (χ1v) is 10.6. The van der Waals surface area contributed by atoms with E-state index in [1.54, 1.807) is 35.0 Å². The second kappa shape index (κ2) is 9.25. The molecule has 8 nitrogen and oxygen atoms in total. The highest BCUT2D eigenvalue weighted by Gasteiger charge is 2.35. The Hall–Kier alpha value is -3.98. The Balaban J connectivity index is 1.76. The van der Waals surface area contributed by atoms with Crippen molar-refractivity contribution in [1.82, 2.24) is 9.88 Å². The molecule has 0 atom stereocenters. The number of hydrogen-bond acceptors (Lipinski definition) is 6. The molecule has 1 aliphatic rings. The number of ether oxygens (including phenoxy) is 2. The zero-order chi connectivity index (χ0) is 23.5. The van der Waals surface area contributed by atoms with Gasteiger partial charge in [0.25, 0.3) is 11.8 Å². The molecule has 1 aliphatic heterocycles. The van der Waals surface area contributed by atoms with Gasteiger partial charge in [0.1, 0.15) is 17.9 Å². The molecule has 1 fully saturated rings. The van der Waals surface area contributed by atoms with Crippen LogP contribution in [-0.4, -0.2) is 41.2 Å². The van der Waals surface area contributed by atoms with E-state index in [-0.39, 0.29) is 17.2 Å². The molecule has 0 spiro atoms. The number of nitrogens with one attached hydrogen (secondary N) is 1. The number of esters is 1. The van der Waals surface area contributed by atoms with E-state index < -0.39 is 17.8 Å². The number of thiocarbonyl (C=S) groups is 1. The number of benzene rings is 2. The van der Waals surface area contributed by atoms with Gasteiger partial charge in [0.2, 0.25) is 0 Å². The van der Waals surface area contributed by atoms with E-state index in [1.807, 2.05) is 31.2 Å². The van der Waals surface area contributed by atoms with Gasteiger partial charge in [-0.25, -0.2) is 0 Å². The molecule has 0 bridgehead atoms. The van der Waals surface area contributed by atoms with Gasteiger partial charge in [0.15, 0.2) is 5.11 Å². The lowest BCUT2D eigenvalue weighted by Gasteiger charge is -2.29. The van der Waals surface area contributed by atoms with Crippen molar-refractivity contribution in [3.8, 4) is 5.75 Å². The molecule has 2 amide bonds. The fraction of sp³-hybridized carbons (Fsp3) is 0.167. The monoisotopic (exact) mass is 463 g/mol. The van der Waals surface area contributed by atoms with E-state index in [1.165, 1.54) is 18.1 Å². The first-order chi connectivity index (χ1) is 15.9. The number of carbonyl (C=O) groups is 3. The molecule has 0 aliphatic carbocycles. The van der Waals surface area contributed by atoms with Gasteiger partial charge >= 0.3 is 5.97 Å². The summed E-state index contributed by atoms with van der Waals surface area (Å²) in [7, 11) is 1.32. The smallest absolute Gasteiger partial charge is 0.325 e. The van der Waals surface area contributed by atoms with Crippen LogP contribution in [0.3, 0.4) is 0 Å². The Morgan fingerprint density at radius 1 is 1.15 bits per heavy atom. The molecule has 1 aromatic heterocycles. The van der Waals surface area contributed by atoms with E-state index in [9.17, 15) is 14.4 Å². The molecule has 9 heteroatoms. The van der Waals surface area contributed by atoms with Crippen LogP contribution >= 0.6 is 12.2 Å². The van der Waals surface area contributed by atoms with Gasteiger partial charge in [-0.3, -0.25) is 24.6 Å². The highest BCUT2D eigenvalue weighted by molar-refractivity contribution is 7.80. The molecule has 2 aromatic carbocycles. The summed E-state index contributed by atoms with van der Waals surface area (Å²) in [6.45, 7) is 2.33. The van der Waals surface area contributed by atoms with Crippen LogP contribution in [0, 0.1) is 0 Å². The van der Waals surface area contributed by atoms with Crippen LogP contribution in [0.2, 0.25) is 0 Å². The quantitative estimate of drug-likeness (QED) is 0.262. The van der Waals surface area contributed by atoms with Gasteiger partial charge < -0.3 is 14.0 Å². The lowest BCUT2D eigenvalue weighted by Crippen LogP contribution is -2.54. The van der Waals surface area contributed by atoms with E-state index in [4.69, 9.17) is 21.7 Å². The van der Waals surface area contributed by atoms with Crippen molar-refractivity contribution in [1.29, 1.82) is 0 Å². The number of hydrogen-bond donors (Lipinski definition) is 1. The molecule has 3 aromatic rings. The third-order valence-electron chi connectivity index (χ3n) is 5.13. The van der Waals surface area contributed by atoms with Crippen LogP contribution in [0.4, 0.5) is 5.69 Å². The average Bonchev–Trinajstić information content (AvgIpc) is 3.14. The van der Waals surface area contributed by atoms with Crippen molar-refractivity contribution < 1.29 is 23.9 Å². The molecule has 0 unspecified atom stereocenters. The van der Waals surface area contributed by atoms with Crippen LogP contribution in [0.15, 0.2) is 60.3 Å². The van der Waals surface area contributed by atoms with Crippen LogP contribution in [0.5, 0.6) is 5.75 Å². The highest BCUT2D eigenvalue weighted by Crippen LogP contribution is 2.28.